The van der Waals surface area contributed by atoms with Gasteiger partial charge in [-0.1, -0.05) is 0 Å². The lowest BCUT2D eigenvalue weighted by Gasteiger charge is -2.30. The quantitative estimate of drug-likeness (QED) is 0.657. The first-order valence-electron chi connectivity index (χ1n) is 7.64. The fourth-order valence-electron chi connectivity index (χ4n) is 2.51. The van der Waals surface area contributed by atoms with Crippen LogP contribution in [0, 0.1) is 11.8 Å². The molecule has 2 fully saturated rings. The summed E-state index contributed by atoms with van der Waals surface area (Å²) in [6.45, 7) is 1.80. The smallest absolute Gasteiger partial charge is 0.350 e. The fourth-order valence-corrected chi connectivity index (χ4v) is 3.46. The van der Waals surface area contributed by atoms with E-state index in [0.717, 1.165) is 10.8 Å². The Morgan fingerprint density at radius 2 is 1.65 bits per heavy atom. The lowest BCUT2D eigenvalue weighted by molar-refractivity contribution is -0.120. The number of rotatable bonds is 8. The van der Waals surface area contributed by atoms with Crippen molar-refractivity contribution in [3.05, 3.63) is 0 Å². The number of piperidine rings is 1. The Bertz CT molecular complexity index is 481. The van der Waals surface area contributed by atoms with Crippen LogP contribution in [0.3, 0.4) is 0 Å². The van der Waals surface area contributed by atoms with Crippen LogP contribution in [0.5, 0.6) is 0 Å². The van der Waals surface area contributed by atoms with Gasteiger partial charge in [-0.2, -0.15) is 13.1 Å². The normalized spacial score (nSPS) is 20.3. The van der Waals surface area contributed by atoms with Crippen molar-refractivity contribution in [3.8, 4) is 0 Å². The molecule has 10 heteroatoms. The summed E-state index contributed by atoms with van der Waals surface area (Å²) in [7, 11) is -4.47. The van der Waals surface area contributed by atoms with Crippen molar-refractivity contribution in [1.82, 2.24) is 14.9 Å². The first kappa shape index (κ1) is 20.5. The molecule has 0 aromatic carbocycles. The van der Waals surface area contributed by atoms with Gasteiger partial charge in [0.15, 0.2) is 0 Å². The molecular weight excluding hydrogens is 352 g/mol. The number of carbonyl (C=O) groups is 1. The zero-order valence-electron chi connectivity index (χ0n) is 12.8. The van der Waals surface area contributed by atoms with Crippen LogP contribution in [0.2, 0.25) is 0 Å². The Labute approximate surface area is 141 Å². The number of alkyl halides is 2. The zero-order valence-corrected chi connectivity index (χ0v) is 14.5. The number of halogens is 3. The number of amides is 1. The van der Waals surface area contributed by atoms with Gasteiger partial charge in [-0.3, -0.25) is 4.79 Å². The molecule has 23 heavy (non-hydrogen) atoms. The highest BCUT2D eigenvalue weighted by atomic mass is 35.5. The molecule has 1 saturated heterocycles. The summed E-state index contributed by atoms with van der Waals surface area (Å²) in [5.74, 6) is -2.59. The minimum absolute atomic E-state index is 0. The Hall–Kier alpha value is -0.510. The third-order valence-electron chi connectivity index (χ3n) is 4.16. The monoisotopic (exact) mass is 375 g/mol. The molecule has 2 rings (SSSR count). The summed E-state index contributed by atoms with van der Waals surface area (Å²) < 4.78 is 48.4. The first-order chi connectivity index (χ1) is 10.4. The lowest BCUT2D eigenvalue weighted by atomic mass is 9.98. The summed E-state index contributed by atoms with van der Waals surface area (Å²) in [6.07, 6.45) is 3.44. The van der Waals surface area contributed by atoms with Crippen LogP contribution in [0.25, 0.3) is 0 Å². The van der Waals surface area contributed by atoms with Crippen molar-refractivity contribution >= 4 is 28.3 Å². The molecule has 2 aliphatic rings. The molecule has 136 valence electrons. The molecule has 0 unspecified atom stereocenters. The molecular formula is C13H24ClF2N3O3S. The number of nitrogens with one attached hydrogen (secondary N) is 2. The molecule has 1 amide bonds. The number of hydrogen-bond donors (Lipinski definition) is 2. The van der Waals surface area contributed by atoms with Gasteiger partial charge in [0.25, 0.3) is 10.0 Å². The van der Waals surface area contributed by atoms with E-state index >= 15 is 0 Å². The summed E-state index contributed by atoms with van der Waals surface area (Å²) in [5.41, 5.74) is 0. The maximum Gasteiger partial charge on any atom is 0.350 e. The highest BCUT2D eigenvalue weighted by Crippen LogP contribution is 2.27. The summed E-state index contributed by atoms with van der Waals surface area (Å²) in [6, 6.07) is 0. The van der Waals surface area contributed by atoms with Crippen LogP contribution in [0.1, 0.15) is 25.7 Å². The van der Waals surface area contributed by atoms with Crippen LogP contribution >= 0.6 is 12.4 Å². The van der Waals surface area contributed by atoms with E-state index < -0.39 is 15.8 Å². The molecule has 0 bridgehead atoms. The van der Waals surface area contributed by atoms with Gasteiger partial charge in [0, 0.05) is 19.6 Å². The van der Waals surface area contributed by atoms with Gasteiger partial charge in [0.2, 0.25) is 5.91 Å². The fraction of sp³-hybridized carbons (Fsp3) is 0.923. The topological polar surface area (TPSA) is 78.5 Å². The van der Waals surface area contributed by atoms with Gasteiger partial charge in [-0.15, -0.1) is 12.4 Å². The minimum atomic E-state index is -4.47. The van der Waals surface area contributed by atoms with Crippen molar-refractivity contribution in [3.63, 3.8) is 0 Å². The lowest BCUT2D eigenvalue weighted by Crippen LogP contribution is -2.44. The van der Waals surface area contributed by atoms with Crippen molar-refractivity contribution in [2.24, 2.45) is 11.8 Å². The van der Waals surface area contributed by atoms with E-state index in [1.54, 1.807) is 0 Å². The maximum absolute atomic E-state index is 12.4. The number of hydrogen-bond acceptors (Lipinski definition) is 4. The number of nitrogens with zero attached hydrogens (tertiary/aromatic N) is 1. The molecule has 1 aliphatic heterocycles. The third kappa shape index (κ3) is 6.48. The van der Waals surface area contributed by atoms with E-state index in [1.165, 1.54) is 12.8 Å². The van der Waals surface area contributed by atoms with Crippen molar-refractivity contribution in [1.29, 1.82) is 0 Å². The first-order valence-corrected chi connectivity index (χ1v) is 9.14. The van der Waals surface area contributed by atoms with Gasteiger partial charge in [0.1, 0.15) is 0 Å². The van der Waals surface area contributed by atoms with Gasteiger partial charge >= 0.3 is 5.76 Å². The van der Waals surface area contributed by atoms with E-state index in [1.807, 2.05) is 0 Å². The molecule has 1 saturated carbocycles. The number of carbonyl (C=O) groups excluding carboxylic acids is 1. The maximum atomic E-state index is 12.4. The second-order valence-electron chi connectivity index (χ2n) is 6.03. The van der Waals surface area contributed by atoms with Crippen LogP contribution in [0.15, 0.2) is 0 Å². The van der Waals surface area contributed by atoms with Gasteiger partial charge in [0.05, 0.1) is 6.54 Å². The second-order valence-corrected chi connectivity index (χ2v) is 7.93. The molecule has 0 atom stereocenters. The second kappa shape index (κ2) is 9.10. The zero-order chi connectivity index (χ0) is 16.2. The van der Waals surface area contributed by atoms with Crippen LogP contribution in [-0.4, -0.2) is 57.1 Å². The molecule has 1 heterocycles. The van der Waals surface area contributed by atoms with E-state index in [4.69, 9.17) is 0 Å². The molecule has 1 aliphatic carbocycles. The molecule has 0 aromatic heterocycles. The van der Waals surface area contributed by atoms with E-state index in [9.17, 15) is 22.0 Å². The van der Waals surface area contributed by atoms with Crippen molar-refractivity contribution < 1.29 is 22.0 Å². The third-order valence-corrected chi connectivity index (χ3v) is 5.70. The Morgan fingerprint density at radius 3 is 2.17 bits per heavy atom. The predicted molar refractivity (Wildman–Crippen MR) is 85.1 cm³/mol. The molecule has 0 radical (unpaired) electrons. The van der Waals surface area contributed by atoms with Gasteiger partial charge in [-0.05, 0) is 44.1 Å². The number of sulfonamides is 1. The summed E-state index contributed by atoms with van der Waals surface area (Å²) in [4.78, 5) is 11.6. The van der Waals surface area contributed by atoms with E-state index in [-0.39, 0.29) is 43.9 Å². The minimum Gasteiger partial charge on any atom is -0.355 e. The molecule has 2 N–H and O–H groups in total. The van der Waals surface area contributed by atoms with E-state index in [2.05, 4.69) is 10.6 Å². The summed E-state index contributed by atoms with van der Waals surface area (Å²) >= 11 is 0. The Balaban J connectivity index is 0.00000264. The molecule has 0 aromatic rings. The highest BCUT2D eigenvalue weighted by molar-refractivity contribution is 7.89. The van der Waals surface area contributed by atoms with Gasteiger partial charge in [-0.25, -0.2) is 8.42 Å². The molecule has 6 nitrogen and oxygen atoms in total. The Kier molecular flexibility index (Phi) is 8.12. The highest BCUT2D eigenvalue weighted by Gasteiger charge is 2.34. The van der Waals surface area contributed by atoms with E-state index in [0.29, 0.717) is 25.3 Å². The van der Waals surface area contributed by atoms with Crippen LogP contribution in [-0.2, 0) is 14.8 Å². The average molecular weight is 376 g/mol. The SMILES string of the molecule is Cl.O=C(CNCC1CC1)NCC1CCN(S(=O)(=O)C(F)F)CC1. The largest absolute Gasteiger partial charge is 0.355 e. The molecule has 0 spiro atoms. The summed E-state index contributed by atoms with van der Waals surface area (Å²) in [5, 5.41) is 5.90. The predicted octanol–water partition coefficient (Wildman–Crippen LogP) is 0.788. The average Bonchev–Trinajstić information content (AvgIpc) is 3.29. The van der Waals surface area contributed by atoms with Crippen molar-refractivity contribution in [2.75, 3.05) is 32.7 Å². The van der Waals surface area contributed by atoms with Crippen LogP contribution < -0.4 is 10.6 Å². The van der Waals surface area contributed by atoms with Gasteiger partial charge < -0.3 is 10.6 Å². The standard InChI is InChI=1S/C13H23F2N3O3S.ClH/c14-13(15)22(20,21)18-5-3-11(4-6-18)8-17-12(19)9-16-7-10-1-2-10;/h10-11,13,16H,1-9H2,(H,17,19);1H. The Morgan fingerprint density at radius 1 is 1.09 bits per heavy atom. The van der Waals surface area contributed by atoms with Crippen molar-refractivity contribution in [2.45, 2.75) is 31.4 Å². The van der Waals surface area contributed by atoms with Crippen LogP contribution in [0.4, 0.5) is 8.78 Å².